The van der Waals surface area contributed by atoms with E-state index in [0.29, 0.717) is 22.9 Å². The van der Waals surface area contributed by atoms with E-state index < -0.39 is 157 Å². The zero-order valence-corrected chi connectivity index (χ0v) is 48.7. The number of hydrogen-bond donors (Lipinski definition) is 15. The Morgan fingerprint density at radius 2 is 1.10 bits per heavy atom. The number of carboxylic acids is 2. The quantitative estimate of drug-likeness (QED) is 0.0301. The minimum absolute atomic E-state index is 0.0139. The number of nitrogens with two attached hydrogens (primary N) is 2. The van der Waals surface area contributed by atoms with Gasteiger partial charge in [0.2, 0.25) is 59.1 Å². The first-order chi connectivity index (χ1) is 39.6. The minimum Gasteiger partial charge on any atom is -0.481 e. The van der Waals surface area contributed by atoms with Gasteiger partial charge in [-0.15, -0.1) is 0 Å². The van der Waals surface area contributed by atoms with Crippen molar-refractivity contribution < 1.29 is 72.9 Å². The van der Waals surface area contributed by atoms with E-state index in [1.54, 1.807) is 82.3 Å². The second kappa shape index (κ2) is 32.7. The second-order valence-corrected chi connectivity index (χ2v) is 22.3. The van der Waals surface area contributed by atoms with Gasteiger partial charge < -0.3 is 79.2 Å². The summed E-state index contributed by atoms with van der Waals surface area (Å²) in [6, 6.07) is 1.08. The predicted molar refractivity (Wildman–Crippen MR) is 309 cm³/mol. The summed E-state index contributed by atoms with van der Waals surface area (Å²) in [6.45, 7) is 9.52. The van der Waals surface area contributed by atoms with Crippen molar-refractivity contribution in [2.75, 3.05) is 18.9 Å². The van der Waals surface area contributed by atoms with Gasteiger partial charge in [-0.05, 0) is 60.6 Å². The molecule has 2 heterocycles. The molecule has 84 heavy (non-hydrogen) atoms. The summed E-state index contributed by atoms with van der Waals surface area (Å²) in [4.78, 5) is 165. The molecule has 3 aromatic rings. The number of benzene rings is 2. The predicted octanol–water partition coefficient (Wildman–Crippen LogP) is -1.75. The highest BCUT2D eigenvalue weighted by atomic mass is 32.1. The standard InChI is InChI=1S/C56H80N12O15S/c1-28(2)19-39(64-47(73)35(21-31-13-8-7-9-14-31)63-54(80)46(58)30(5)6)55(81)68-18-12-17-43(68)53(79)67-42(27-84)52(78)62-38(24-45(71)72)50(76)66-41(26-69)51(77)60-36(22-32-25-59-34-16-11-10-15-33(32)34)48(74)61-37(23-44(57)70)49(75)65-40(56(82)83)20-29(3)4/h7-11,13-16,25,28-30,35-43,46,59,69,84H,12,17-24,26-27,58H2,1-6H3,(H2,57,70)(H,60,77)(H,61,74)(H,62,78)(H,63,80)(H,64,73)(H,65,75)(H,66,76)(H,67,79)(H,71,72)(H,82,83)/t35-,36-,37-,38-,39-,40-,41-,42-,43-,46-/m0/s1. The maximum atomic E-state index is 14.4. The number of hydrogen-bond acceptors (Lipinski definition) is 15. The van der Waals surface area contributed by atoms with Crippen molar-refractivity contribution in [3.05, 3.63) is 71.9 Å². The number of thiol groups is 1. The van der Waals surface area contributed by atoms with Crippen LogP contribution < -0.4 is 54.0 Å². The molecule has 460 valence electrons. The number of carbonyl (C=O) groups is 12. The van der Waals surface area contributed by atoms with Crippen LogP contribution in [-0.2, 0) is 70.4 Å². The van der Waals surface area contributed by atoms with E-state index in [9.17, 15) is 72.9 Å². The van der Waals surface area contributed by atoms with Crippen molar-refractivity contribution in [2.45, 2.75) is 153 Å². The largest absolute Gasteiger partial charge is 0.481 e. The van der Waals surface area contributed by atoms with E-state index in [1.807, 2.05) is 13.8 Å². The molecule has 10 atom stereocenters. The number of aromatic nitrogens is 1. The molecule has 1 fully saturated rings. The van der Waals surface area contributed by atoms with Gasteiger partial charge in [0.25, 0.3) is 0 Å². The number of primary amides is 1. The molecule has 10 amide bonds. The Balaban J connectivity index is 1.51. The van der Waals surface area contributed by atoms with Crippen LogP contribution >= 0.6 is 12.6 Å². The highest BCUT2D eigenvalue weighted by Crippen LogP contribution is 2.22. The molecule has 1 aliphatic heterocycles. The molecule has 0 unspecified atom stereocenters. The zero-order chi connectivity index (χ0) is 62.5. The van der Waals surface area contributed by atoms with Crippen LogP contribution in [0.2, 0.25) is 0 Å². The molecule has 1 saturated heterocycles. The van der Waals surface area contributed by atoms with Crippen LogP contribution in [0.25, 0.3) is 10.9 Å². The lowest BCUT2D eigenvalue weighted by molar-refractivity contribution is -0.143. The Labute approximate surface area is 491 Å². The molecule has 16 N–H and O–H groups in total. The zero-order valence-electron chi connectivity index (χ0n) is 47.8. The molecular formula is C56H80N12O15S. The number of H-pyrrole nitrogens is 1. The highest BCUT2D eigenvalue weighted by Gasteiger charge is 2.41. The molecule has 0 aliphatic carbocycles. The first-order valence-electron chi connectivity index (χ1n) is 27.7. The van der Waals surface area contributed by atoms with E-state index >= 15 is 0 Å². The van der Waals surface area contributed by atoms with Crippen LogP contribution in [0.5, 0.6) is 0 Å². The van der Waals surface area contributed by atoms with Crippen molar-refractivity contribution in [3.63, 3.8) is 0 Å². The second-order valence-electron chi connectivity index (χ2n) is 21.9. The smallest absolute Gasteiger partial charge is 0.326 e. The van der Waals surface area contributed by atoms with Gasteiger partial charge in [0.1, 0.15) is 54.4 Å². The van der Waals surface area contributed by atoms with Crippen molar-refractivity contribution >= 4 is 94.5 Å². The number of rotatable bonds is 33. The fourth-order valence-corrected chi connectivity index (χ4v) is 9.59. The highest BCUT2D eigenvalue weighted by molar-refractivity contribution is 7.80. The van der Waals surface area contributed by atoms with E-state index in [-0.39, 0.29) is 56.4 Å². The average Bonchev–Trinajstić information content (AvgIpc) is 4.27. The number of carboxylic acid groups (broad SMARTS) is 2. The van der Waals surface area contributed by atoms with E-state index in [0.717, 1.165) is 5.56 Å². The summed E-state index contributed by atoms with van der Waals surface area (Å²) in [5, 5.41) is 50.1. The molecule has 1 aromatic heterocycles. The number of amides is 10. The van der Waals surface area contributed by atoms with Crippen LogP contribution in [-0.4, -0.2) is 176 Å². The summed E-state index contributed by atoms with van der Waals surface area (Å²) in [5.41, 5.74) is 13.3. The molecule has 0 bridgehead atoms. The molecular weight excluding hydrogens is 1110 g/mol. The fourth-order valence-electron chi connectivity index (χ4n) is 9.33. The van der Waals surface area contributed by atoms with Gasteiger partial charge in [-0.1, -0.05) is 90.1 Å². The lowest BCUT2D eigenvalue weighted by atomic mass is 9.99. The Morgan fingerprint density at radius 1 is 0.607 bits per heavy atom. The SMILES string of the molecule is CC(C)C[C@H](NC(=O)[C@H](CC(N)=O)NC(=O)[C@H](Cc1c[nH]c2ccccc12)NC(=O)[C@H](CO)NC(=O)[C@H](CC(=O)O)NC(=O)[C@H](CS)NC(=O)[C@@H]1CCCN1C(=O)[C@H](CC(C)C)NC(=O)[C@H](Cc1ccccc1)NC(=O)[C@@H](N)C(C)C)C(=O)O. The molecule has 1 aliphatic rings. The van der Waals surface area contributed by atoms with Crippen LogP contribution in [0.4, 0.5) is 0 Å². The fraction of sp³-hybridized carbons (Fsp3) is 0.536. The number of para-hydroxylation sites is 1. The lowest BCUT2D eigenvalue weighted by Crippen LogP contribution is -2.61. The van der Waals surface area contributed by atoms with E-state index in [2.05, 4.69) is 60.1 Å². The number of nitrogens with zero attached hydrogens (tertiary/aromatic N) is 1. The van der Waals surface area contributed by atoms with E-state index in [1.165, 1.54) is 11.1 Å². The van der Waals surface area contributed by atoms with Crippen LogP contribution in [0.3, 0.4) is 0 Å². The molecule has 0 radical (unpaired) electrons. The summed E-state index contributed by atoms with van der Waals surface area (Å²) >= 11 is 4.22. The Morgan fingerprint density at radius 3 is 1.65 bits per heavy atom. The minimum atomic E-state index is -1.97. The Hall–Kier alpha value is -8.11. The van der Waals surface area contributed by atoms with Crippen molar-refractivity contribution in [3.8, 4) is 0 Å². The summed E-state index contributed by atoms with van der Waals surface area (Å²) in [6.07, 6.45) is 0.00769. The third-order valence-electron chi connectivity index (χ3n) is 13.8. The summed E-state index contributed by atoms with van der Waals surface area (Å²) in [5.74, 6) is -13.5. The van der Waals surface area contributed by atoms with Gasteiger partial charge in [-0.25, -0.2) is 4.79 Å². The summed E-state index contributed by atoms with van der Waals surface area (Å²) in [7, 11) is 0. The van der Waals surface area contributed by atoms with Gasteiger partial charge in [0, 0.05) is 42.2 Å². The van der Waals surface area contributed by atoms with Gasteiger partial charge in [0.15, 0.2) is 0 Å². The molecule has 2 aromatic carbocycles. The maximum Gasteiger partial charge on any atom is 0.326 e. The monoisotopic (exact) mass is 1190 g/mol. The van der Waals surface area contributed by atoms with Crippen LogP contribution in [0.15, 0.2) is 60.8 Å². The van der Waals surface area contributed by atoms with Crippen molar-refractivity contribution in [1.29, 1.82) is 0 Å². The molecule has 0 saturated carbocycles. The Bertz CT molecular complexity index is 2830. The number of carbonyl (C=O) groups excluding carboxylic acids is 10. The molecule has 4 rings (SSSR count). The maximum absolute atomic E-state index is 14.4. The number of aliphatic carboxylic acids is 2. The number of likely N-dealkylation sites (tertiary alicyclic amines) is 1. The summed E-state index contributed by atoms with van der Waals surface area (Å²) < 4.78 is 0. The number of aliphatic hydroxyl groups excluding tert-OH is 1. The number of fused-ring (bicyclic) bond motifs is 1. The third-order valence-corrected chi connectivity index (χ3v) is 14.2. The Kier molecular flexibility index (Phi) is 26.6. The van der Waals surface area contributed by atoms with Gasteiger partial charge in [-0.3, -0.25) is 52.7 Å². The van der Waals surface area contributed by atoms with Crippen LogP contribution in [0.1, 0.15) is 91.2 Å². The molecule has 0 spiro atoms. The lowest BCUT2D eigenvalue weighted by Gasteiger charge is -2.31. The third kappa shape index (κ3) is 20.6. The van der Waals surface area contributed by atoms with E-state index in [4.69, 9.17) is 11.5 Å². The normalized spacial score (nSPS) is 16.4. The van der Waals surface area contributed by atoms with Gasteiger partial charge in [0.05, 0.1) is 25.5 Å². The van der Waals surface area contributed by atoms with Crippen molar-refractivity contribution in [1.82, 2.24) is 52.4 Å². The topological polar surface area (TPSA) is 433 Å². The average molecular weight is 1190 g/mol. The molecule has 27 nitrogen and oxygen atoms in total. The first-order valence-corrected chi connectivity index (χ1v) is 28.3. The van der Waals surface area contributed by atoms with Gasteiger partial charge in [-0.2, -0.15) is 12.6 Å². The van der Waals surface area contributed by atoms with Crippen LogP contribution in [0, 0.1) is 17.8 Å². The molecule has 28 heteroatoms. The number of aromatic amines is 1. The van der Waals surface area contributed by atoms with Crippen molar-refractivity contribution in [2.24, 2.45) is 29.2 Å². The number of nitrogens with one attached hydrogen (secondary N) is 9. The number of aliphatic hydroxyl groups is 1. The van der Waals surface area contributed by atoms with Gasteiger partial charge >= 0.3 is 11.9 Å². The first kappa shape index (κ1) is 68.4.